The fourth-order valence-corrected chi connectivity index (χ4v) is 1.82. The first-order chi connectivity index (χ1) is 9.40. The Morgan fingerprint density at radius 3 is 2.29 bits per heavy atom. The number of rotatable bonds is 5. The zero-order valence-electron chi connectivity index (χ0n) is 12.3. The van der Waals surface area contributed by atoms with Gasteiger partial charge in [-0.1, -0.05) is 24.3 Å². The van der Waals surface area contributed by atoms with E-state index in [4.69, 9.17) is 9.47 Å². The van der Waals surface area contributed by atoms with Crippen molar-refractivity contribution in [2.24, 2.45) is 0 Å². The topological polar surface area (TPSA) is 18.5 Å². The Morgan fingerprint density at radius 1 is 1.05 bits per heavy atom. The number of ether oxygens (including phenoxy) is 2. The molecule has 1 unspecified atom stereocenters. The van der Waals surface area contributed by atoms with Gasteiger partial charge >= 0.3 is 58.4 Å². The zero-order chi connectivity index (χ0) is 14.8. The van der Waals surface area contributed by atoms with Gasteiger partial charge in [-0.3, -0.25) is 0 Å². The summed E-state index contributed by atoms with van der Waals surface area (Å²) in [6.45, 7) is -2.69. The van der Waals surface area contributed by atoms with E-state index in [0.29, 0.717) is 17.7 Å². The van der Waals surface area contributed by atoms with E-state index in [0.717, 1.165) is 17.5 Å². The van der Waals surface area contributed by atoms with Gasteiger partial charge in [0, 0.05) is 7.11 Å². The molecule has 2 aromatic rings. The Labute approximate surface area is 164 Å². The van der Waals surface area contributed by atoms with E-state index >= 15 is 0 Å². The second-order valence-electron chi connectivity index (χ2n) is 4.70. The molecular weight excluding hydrogens is 307 g/mol. The van der Waals surface area contributed by atoms with Gasteiger partial charge < -0.3 is 22.4 Å². The van der Waals surface area contributed by atoms with E-state index in [1.807, 2.05) is 6.92 Å². The minimum atomic E-state index is -4.96. The van der Waals surface area contributed by atoms with Crippen LogP contribution < -0.4 is 61.6 Å². The summed E-state index contributed by atoms with van der Waals surface area (Å²) in [4.78, 5) is 0. The van der Waals surface area contributed by atoms with Gasteiger partial charge in [-0.25, -0.2) is 0 Å². The third-order valence-corrected chi connectivity index (χ3v) is 3.10. The molecule has 0 aliphatic carbocycles. The zero-order valence-corrected chi connectivity index (χ0v) is 15.4. The van der Waals surface area contributed by atoms with Crippen LogP contribution in [-0.2, 0) is 4.74 Å². The molecule has 2 aromatic carbocycles. The van der Waals surface area contributed by atoms with Gasteiger partial charge in [-0.2, -0.15) is 0 Å². The molecule has 108 valence electrons. The summed E-state index contributed by atoms with van der Waals surface area (Å²) in [5.74, 6) is 0.617. The fraction of sp³-hybridized carbons (Fsp3) is 0.286. The number of fused-ring (bicyclic) bond motifs is 1. The molecule has 0 bridgehead atoms. The average molecular weight is 322 g/mol. The Balaban J connectivity index is 0.00000220. The summed E-state index contributed by atoms with van der Waals surface area (Å²) in [5, 5.41) is 1.27. The smallest absolute Gasteiger partial charge is 0.491 e. The molecule has 0 saturated carbocycles. The van der Waals surface area contributed by atoms with Crippen LogP contribution in [-0.4, -0.2) is 26.8 Å². The van der Waals surface area contributed by atoms with Crippen LogP contribution in [0.1, 0.15) is 6.92 Å². The summed E-state index contributed by atoms with van der Waals surface area (Å²) in [5.41, 5.74) is -0.584. The van der Waals surface area contributed by atoms with E-state index in [-0.39, 0.29) is 57.5 Å². The molecule has 0 aliphatic heterocycles. The van der Waals surface area contributed by atoms with Crippen molar-refractivity contribution in [3.8, 4) is 5.75 Å². The second kappa shape index (κ2) is 7.99. The molecule has 2 rings (SSSR count). The molecule has 0 amide bonds. The second-order valence-corrected chi connectivity index (χ2v) is 4.70. The van der Waals surface area contributed by atoms with Crippen LogP contribution in [0.5, 0.6) is 5.75 Å². The maximum atomic E-state index is 12.7. The Kier molecular flexibility index (Phi) is 7.23. The van der Waals surface area contributed by atoms with Crippen molar-refractivity contribution in [1.82, 2.24) is 0 Å². The van der Waals surface area contributed by atoms with Gasteiger partial charge in [0.15, 0.2) is 0 Å². The number of benzene rings is 2. The van der Waals surface area contributed by atoms with Gasteiger partial charge in [0.2, 0.25) is 0 Å². The van der Waals surface area contributed by atoms with E-state index in [2.05, 4.69) is 0 Å². The van der Waals surface area contributed by atoms with Crippen LogP contribution in [0.15, 0.2) is 36.4 Å². The normalized spacial score (nSPS) is 12.8. The monoisotopic (exact) mass is 322 g/mol. The van der Waals surface area contributed by atoms with Crippen LogP contribution >= 0.6 is 0 Å². The minimum Gasteiger partial charge on any atom is -0.491 e. The van der Waals surface area contributed by atoms with Gasteiger partial charge in [-0.05, 0) is 29.8 Å². The molecule has 0 aromatic heterocycles. The molecule has 0 heterocycles. The third kappa shape index (κ3) is 5.26. The van der Waals surface area contributed by atoms with E-state index in [9.17, 15) is 12.9 Å². The first-order valence-electron chi connectivity index (χ1n) is 6.29. The minimum absolute atomic E-state index is 0. The van der Waals surface area contributed by atoms with Crippen molar-refractivity contribution in [3.05, 3.63) is 36.4 Å². The molecule has 7 heteroatoms. The van der Waals surface area contributed by atoms with Gasteiger partial charge in [0.25, 0.3) is 0 Å². The Morgan fingerprint density at radius 2 is 1.67 bits per heavy atom. The van der Waals surface area contributed by atoms with E-state index in [1.54, 1.807) is 25.3 Å². The average Bonchev–Trinajstić information content (AvgIpc) is 2.42. The molecule has 0 spiro atoms. The molecule has 1 atom stereocenters. The Bertz CT molecular complexity index is 604. The van der Waals surface area contributed by atoms with E-state index < -0.39 is 12.4 Å². The van der Waals surface area contributed by atoms with Crippen LogP contribution in [0.4, 0.5) is 12.9 Å². The molecule has 21 heavy (non-hydrogen) atoms. The maximum Gasteiger partial charge on any atom is 1.00 e. The van der Waals surface area contributed by atoms with Crippen molar-refractivity contribution in [3.63, 3.8) is 0 Å². The third-order valence-electron chi connectivity index (χ3n) is 3.10. The molecule has 2 nitrogen and oxygen atoms in total. The predicted molar refractivity (Wildman–Crippen MR) is 74.6 cm³/mol. The number of halogens is 3. The van der Waals surface area contributed by atoms with Crippen LogP contribution in [0.25, 0.3) is 10.8 Å². The van der Waals surface area contributed by atoms with Crippen molar-refractivity contribution < 1.29 is 73.8 Å². The maximum absolute atomic E-state index is 12.7. The Hall–Kier alpha value is -0.0487. The van der Waals surface area contributed by atoms with Crippen molar-refractivity contribution in [2.75, 3.05) is 13.7 Å². The molecule has 0 saturated heterocycles. The quantitative estimate of drug-likeness (QED) is 0.738. The number of hydrogen-bond donors (Lipinski definition) is 0. The molecule has 0 N–H and O–H groups in total. The van der Waals surface area contributed by atoms with Crippen LogP contribution in [0.2, 0.25) is 0 Å². The van der Waals surface area contributed by atoms with Crippen LogP contribution in [0.3, 0.4) is 0 Å². The first-order valence-corrected chi connectivity index (χ1v) is 6.29. The largest absolute Gasteiger partial charge is 1.00 e. The van der Waals surface area contributed by atoms with E-state index in [1.165, 1.54) is 6.07 Å². The number of hydrogen-bond acceptors (Lipinski definition) is 2. The van der Waals surface area contributed by atoms with Gasteiger partial charge in [0.05, 0.1) is 6.10 Å². The number of methoxy groups -OCH3 is 1. The summed E-state index contributed by atoms with van der Waals surface area (Å²) >= 11 is 0. The fourth-order valence-electron chi connectivity index (χ4n) is 1.82. The summed E-state index contributed by atoms with van der Waals surface area (Å²) in [7, 11) is 1.59. The van der Waals surface area contributed by atoms with Gasteiger partial charge in [0.1, 0.15) is 12.4 Å². The van der Waals surface area contributed by atoms with Crippen molar-refractivity contribution in [1.29, 1.82) is 0 Å². The molecule has 0 aliphatic rings. The first kappa shape index (κ1) is 19.0. The molecular formula is C14H15BF3KO2. The standard InChI is InChI=1S/C14H15BF3O2.K/c1-10(19-2)9-20-14-6-4-11-7-13(15(16,17)18)5-3-12(11)8-14;/h3-8,10H,9H2,1-2H3;/q-1;+1. The summed E-state index contributed by atoms with van der Waals surface area (Å²) < 4.78 is 48.6. The summed E-state index contributed by atoms with van der Waals surface area (Å²) in [6, 6.07) is 8.75. The summed E-state index contributed by atoms with van der Waals surface area (Å²) in [6.07, 6.45) is -0.0407. The molecule has 0 radical (unpaired) electrons. The SMILES string of the molecule is COC(C)COc1ccc2cc([B-](F)(F)F)ccc2c1.[K+]. The van der Waals surface area contributed by atoms with Crippen LogP contribution in [0, 0.1) is 0 Å². The van der Waals surface area contributed by atoms with Crippen molar-refractivity contribution >= 4 is 23.2 Å². The van der Waals surface area contributed by atoms with Crippen molar-refractivity contribution in [2.45, 2.75) is 13.0 Å². The molecule has 0 fully saturated rings. The predicted octanol–water partition coefficient (Wildman–Crippen LogP) is 0.312. The van der Waals surface area contributed by atoms with Gasteiger partial charge in [-0.15, -0.1) is 5.46 Å².